The number of benzene rings is 1. The van der Waals surface area contributed by atoms with Crippen molar-refractivity contribution in [3.05, 3.63) is 71.7 Å². The number of esters is 1. The van der Waals surface area contributed by atoms with Gasteiger partial charge in [-0.3, -0.25) is 9.67 Å². The van der Waals surface area contributed by atoms with Gasteiger partial charge in [0.15, 0.2) is 0 Å². The van der Waals surface area contributed by atoms with Crippen LogP contribution in [-0.2, 0) is 11.3 Å². The van der Waals surface area contributed by atoms with Gasteiger partial charge in [0.05, 0.1) is 18.8 Å². The summed E-state index contributed by atoms with van der Waals surface area (Å²) in [6.45, 7) is 4.53. The van der Waals surface area contributed by atoms with Crippen molar-refractivity contribution in [3.63, 3.8) is 0 Å². The molecular formula is C19H19N3O2. The zero-order chi connectivity index (χ0) is 16.9. The number of carbonyl (C=O) groups is 1. The summed E-state index contributed by atoms with van der Waals surface area (Å²) in [6.07, 6.45) is 1.80. The lowest BCUT2D eigenvalue weighted by Crippen LogP contribution is -2.14. The summed E-state index contributed by atoms with van der Waals surface area (Å²) in [4.78, 5) is 16.5. The summed E-state index contributed by atoms with van der Waals surface area (Å²) in [6, 6.07) is 15.5. The Morgan fingerprint density at radius 1 is 1.17 bits per heavy atom. The molecule has 2 heterocycles. The van der Waals surface area contributed by atoms with Crippen LogP contribution in [0.25, 0.3) is 11.3 Å². The number of aromatic nitrogens is 3. The zero-order valence-electron chi connectivity index (χ0n) is 13.8. The van der Waals surface area contributed by atoms with Crippen LogP contribution in [0, 0.1) is 6.92 Å². The van der Waals surface area contributed by atoms with Crippen LogP contribution in [0.2, 0.25) is 0 Å². The van der Waals surface area contributed by atoms with Crippen LogP contribution in [0.1, 0.15) is 28.7 Å². The van der Waals surface area contributed by atoms with Gasteiger partial charge >= 0.3 is 5.97 Å². The van der Waals surface area contributed by atoms with Gasteiger partial charge in [-0.05, 0) is 31.5 Å². The summed E-state index contributed by atoms with van der Waals surface area (Å²) >= 11 is 0. The minimum absolute atomic E-state index is 0.330. The molecule has 0 radical (unpaired) electrons. The second kappa shape index (κ2) is 7.08. The van der Waals surface area contributed by atoms with Gasteiger partial charge in [0.2, 0.25) is 0 Å². The zero-order valence-corrected chi connectivity index (χ0v) is 13.8. The van der Waals surface area contributed by atoms with Crippen LogP contribution in [0.3, 0.4) is 0 Å². The summed E-state index contributed by atoms with van der Waals surface area (Å²) in [5, 5.41) is 4.59. The van der Waals surface area contributed by atoms with Crippen LogP contribution in [0.15, 0.2) is 54.7 Å². The first-order valence-electron chi connectivity index (χ1n) is 7.89. The number of nitrogens with zero attached hydrogens (tertiary/aromatic N) is 3. The van der Waals surface area contributed by atoms with E-state index in [1.165, 1.54) is 0 Å². The second-order valence-corrected chi connectivity index (χ2v) is 5.47. The molecule has 24 heavy (non-hydrogen) atoms. The van der Waals surface area contributed by atoms with Crippen molar-refractivity contribution in [1.29, 1.82) is 0 Å². The second-order valence-electron chi connectivity index (χ2n) is 5.47. The number of hydrogen-bond acceptors (Lipinski definition) is 4. The van der Waals surface area contributed by atoms with E-state index in [1.807, 2.05) is 49.4 Å². The van der Waals surface area contributed by atoms with E-state index in [-0.39, 0.29) is 5.97 Å². The maximum Gasteiger partial charge on any atom is 0.356 e. The smallest absolute Gasteiger partial charge is 0.356 e. The van der Waals surface area contributed by atoms with E-state index in [0.717, 1.165) is 22.5 Å². The van der Waals surface area contributed by atoms with Crippen molar-refractivity contribution in [1.82, 2.24) is 14.8 Å². The van der Waals surface area contributed by atoms with E-state index in [2.05, 4.69) is 10.1 Å². The van der Waals surface area contributed by atoms with Crippen molar-refractivity contribution < 1.29 is 9.53 Å². The minimum Gasteiger partial charge on any atom is -0.461 e. The molecular weight excluding hydrogens is 302 g/mol. The number of pyridine rings is 1. The molecule has 3 aromatic rings. The quantitative estimate of drug-likeness (QED) is 0.675. The molecule has 3 rings (SSSR count). The molecule has 5 nitrogen and oxygen atoms in total. The van der Waals surface area contributed by atoms with Gasteiger partial charge in [-0.15, -0.1) is 0 Å². The monoisotopic (exact) mass is 321 g/mol. The molecule has 122 valence electrons. The molecule has 5 heteroatoms. The fraction of sp³-hybridized carbons (Fsp3) is 0.211. The van der Waals surface area contributed by atoms with Gasteiger partial charge in [0.25, 0.3) is 0 Å². The normalized spacial score (nSPS) is 10.6. The first kappa shape index (κ1) is 15.9. The Labute approximate surface area is 140 Å². The van der Waals surface area contributed by atoms with Gasteiger partial charge in [-0.2, -0.15) is 5.10 Å². The molecule has 0 saturated heterocycles. The Bertz CT molecular complexity index is 824. The number of aryl methyl sites for hydroxylation is 1. The molecule has 0 fully saturated rings. The highest BCUT2D eigenvalue weighted by Gasteiger charge is 2.17. The van der Waals surface area contributed by atoms with Gasteiger partial charge in [0, 0.05) is 17.5 Å². The fourth-order valence-corrected chi connectivity index (χ4v) is 2.42. The molecule has 0 aliphatic rings. The Morgan fingerprint density at radius 3 is 2.62 bits per heavy atom. The third-order valence-electron chi connectivity index (χ3n) is 3.64. The third-order valence-corrected chi connectivity index (χ3v) is 3.64. The standard InChI is InChI=1S/C19H19N3O2/c1-3-24-19(23)18-11-17(16-7-5-4-6-8-16)21-22(18)13-15-10-9-14(2)20-12-15/h4-12H,3,13H2,1-2H3. The molecule has 0 amide bonds. The van der Waals surface area contributed by atoms with E-state index >= 15 is 0 Å². The Balaban J connectivity index is 1.97. The summed E-state index contributed by atoms with van der Waals surface area (Å²) in [5.74, 6) is -0.368. The van der Waals surface area contributed by atoms with Crippen LogP contribution in [-0.4, -0.2) is 27.3 Å². The van der Waals surface area contributed by atoms with Crippen LogP contribution >= 0.6 is 0 Å². The number of rotatable bonds is 5. The summed E-state index contributed by atoms with van der Waals surface area (Å²) in [5.41, 5.74) is 4.09. The molecule has 2 aromatic heterocycles. The van der Waals surface area contributed by atoms with Crippen LogP contribution in [0.4, 0.5) is 0 Å². The minimum atomic E-state index is -0.368. The van der Waals surface area contributed by atoms with Crippen LogP contribution < -0.4 is 0 Å². The lowest BCUT2D eigenvalue weighted by molar-refractivity contribution is 0.0512. The largest absolute Gasteiger partial charge is 0.461 e. The van der Waals surface area contributed by atoms with Crippen molar-refractivity contribution in [2.75, 3.05) is 6.61 Å². The van der Waals surface area contributed by atoms with Crippen LogP contribution in [0.5, 0.6) is 0 Å². The maximum absolute atomic E-state index is 12.3. The van der Waals surface area contributed by atoms with Gasteiger partial charge < -0.3 is 4.74 Å². The third kappa shape index (κ3) is 3.51. The maximum atomic E-state index is 12.3. The van der Waals surface area contributed by atoms with Gasteiger partial charge in [-0.1, -0.05) is 36.4 Å². The summed E-state index contributed by atoms with van der Waals surface area (Å²) < 4.78 is 6.83. The molecule has 0 atom stereocenters. The van der Waals surface area contributed by atoms with E-state index in [4.69, 9.17) is 4.74 Å². The van der Waals surface area contributed by atoms with Gasteiger partial charge in [-0.25, -0.2) is 4.79 Å². The molecule has 1 aromatic carbocycles. The molecule has 0 bridgehead atoms. The lowest BCUT2D eigenvalue weighted by Gasteiger charge is -2.07. The van der Waals surface area contributed by atoms with E-state index in [9.17, 15) is 4.79 Å². The average Bonchev–Trinajstić information content (AvgIpc) is 3.02. The lowest BCUT2D eigenvalue weighted by atomic mass is 10.1. The SMILES string of the molecule is CCOC(=O)c1cc(-c2ccccc2)nn1Cc1ccc(C)nc1. The average molecular weight is 321 g/mol. The first-order chi connectivity index (χ1) is 11.7. The first-order valence-corrected chi connectivity index (χ1v) is 7.89. The molecule has 0 unspecified atom stereocenters. The van der Waals surface area contributed by atoms with Crippen molar-refractivity contribution >= 4 is 5.97 Å². The highest BCUT2D eigenvalue weighted by molar-refractivity contribution is 5.89. The predicted octanol–water partition coefficient (Wildman–Crippen LogP) is 3.48. The van der Waals surface area contributed by atoms with E-state index in [1.54, 1.807) is 23.9 Å². The van der Waals surface area contributed by atoms with Gasteiger partial charge in [0.1, 0.15) is 5.69 Å². The topological polar surface area (TPSA) is 57.0 Å². The van der Waals surface area contributed by atoms with Crippen molar-refractivity contribution in [2.45, 2.75) is 20.4 Å². The molecule has 0 spiro atoms. The highest BCUT2D eigenvalue weighted by atomic mass is 16.5. The summed E-state index contributed by atoms with van der Waals surface area (Å²) in [7, 11) is 0. The fourth-order valence-electron chi connectivity index (χ4n) is 2.42. The molecule has 0 saturated carbocycles. The molecule has 0 N–H and O–H groups in total. The molecule has 0 aliphatic carbocycles. The number of hydrogen-bond donors (Lipinski definition) is 0. The predicted molar refractivity (Wildman–Crippen MR) is 91.7 cm³/mol. The Morgan fingerprint density at radius 2 is 1.96 bits per heavy atom. The number of carbonyl (C=O) groups excluding carboxylic acids is 1. The highest BCUT2D eigenvalue weighted by Crippen LogP contribution is 2.20. The Kier molecular flexibility index (Phi) is 4.70. The van der Waals surface area contributed by atoms with E-state index < -0.39 is 0 Å². The van der Waals surface area contributed by atoms with Crippen molar-refractivity contribution in [3.8, 4) is 11.3 Å². The molecule has 0 aliphatic heterocycles. The Hall–Kier alpha value is -2.95. The van der Waals surface area contributed by atoms with E-state index in [0.29, 0.717) is 18.8 Å². The van der Waals surface area contributed by atoms with Crippen molar-refractivity contribution in [2.24, 2.45) is 0 Å². The number of ether oxygens (including phenoxy) is 1.